The number of rotatable bonds is 3. The lowest BCUT2D eigenvalue weighted by molar-refractivity contribution is 0.197. The zero-order valence-electron chi connectivity index (χ0n) is 10.6. The maximum absolute atomic E-state index is 9.89. The first kappa shape index (κ1) is 13.8. The molecule has 4 heteroatoms. The number of benzene rings is 1. The first-order chi connectivity index (χ1) is 8.61. The summed E-state index contributed by atoms with van der Waals surface area (Å²) < 4.78 is 0.984. The number of nitrogens with zero attached hydrogens (tertiary/aromatic N) is 1. The van der Waals surface area contributed by atoms with Crippen LogP contribution in [0.1, 0.15) is 31.4 Å². The zero-order chi connectivity index (χ0) is 13.1. The third-order valence-corrected chi connectivity index (χ3v) is 4.05. The zero-order valence-corrected chi connectivity index (χ0v) is 12.2. The first-order valence-corrected chi connectivity index (χ1v) is 7.24. The molecular formula is C14H20BrNO2. The summed E-state index contributed by atoms with van der Waals surface area (Å²) >= 11 is 3.44. The van der Waals surface area contributed by atoms with Gasteiger partial charge in [-0.2, -0.15) is 0 Å². The van der Waals surface area contributed by atoms with Crippen LogP contribution in [0.5, 0.6) is 0 Å². The minimum atomic E-state index is -0.480. The highest BCUT2D eigenvalue weighted by Gasteiger charge is 2.22. The molecule has 1 aliphatic heterocycles. The molecule has 2 N–H and O–H groups in total. The van der Waals surface area contributed by atoms with Crippen LogP contribution in [0.3, 0.4) is 0 Å². The normalized spacial score (nSPS) is 22.0. The van der Waals surface area contributed by atoms with Gasteiger partial charge in [0.05, 0.1) is 6.10 Å². The van der Waals surface area contributed by atoms with Crippen LogP contribution in [0, 0.1) is 5.92 Å². The maximum Gasteiger partial charge on any atom is 0.0782 e. The van der Waals surface area contributed by atoms with Crippen molar-refractivity contribution in [2.45, 2.75) is 25.9 Å². The molecule has 1 saturated heterocycles. The van der Waals surface area contributed by atoms with E-state index < -0.39 is 6.10 Å². The van der Waals surface area contributed by atoms with E-state index in [-0.39, 0.29) is 6.61 Å². The molecule has 0 aromatic heterocycles. The van der Waals surface area contributed by atoms with Crippen molar-refractivity contribution in [2.24, 2.45) is 5.92 Å². The average molecular weight is 314 g/mol. The standard InChI is InChI=1S/C14H20BrNO2/c1-10(18)13-7-12(15)4-5-14(13)16-6-2-3-11(8-16)9-17/h4-5,7,10-11,17-18H,2-3,6,8-9H2,1H3. The lowest BCUT2D eigenvalue weighted by Gasteiger charge is -2.35. The van der Waals surface area contributed by atoms with Gasteiger partial charge in [0, 0.05) is 35.4 Å². The molecule has 18 heavy (non-hydrogen) atoms. The molecule has 3 nitrogen and oxygen atoms in total. The van der Waals surface area contributed by atoms with Crippen molar-refractivity contribution in [3.8, 4) is 0 Å². The third kappa shape index (κ3) is 3.05. The van der Waals surface area contributed by atoms with Crippen LogP contribution >= 0.6 is 15.9 Å². The Kier molecular flexibility index (Phi) is 4.65. The predicted octanol–water partition coefficient (Wildman–Crippen LogP) is 2.71. The molecule has 1 aromatic rings. The van der Waals surface area contributed by atoms with Crippen LogP contribution in [-0.2, 0) is 0 Å². The van der Waals surface area contributed by atoms with E-state index in [0.29, 0.717) is 5.92 Å². The quantitative estimate of drug-likeness (QED) is 0.901. The lowest BCUT2D eigenvalue weighted by Crippen LogP contribution is -2.37. The maximum atomic E-state index is 9.89. The topological polar surface area (TPSA) is 43.7 Å². The van der Waals surface area contributed by atoms with Crippen LogP contribution < -0.4 is 4.90 Å². The number of anilines is 1. The predicted molar refractivity (Wildman–Crippen MR) is 76.8 cm³/mol. The number of halogens is 1. The fourth-order valence-electron chi connectivity index (χ4n) is 2.58. The number of aliphatic hydroxyl groups excluding tert-OH is 2. The molecule has 0 saturated carbocycles. The van der Waals surface area contributed by atoms with E-state index in [9.17, 15) is 10.2 Å². The Morgan fingerprint density at radius 3 is 2.94 bits per heavy atom. The Hall–Kier alpha value is -0.580. The SMILES string of the molecule is CC(O)c1cc(Br)ccc1N1CCCC(CO)C1. The van der Waals surface area contributed by atoms with Crippen LogP contribution in [-0.4, -0.2) is 29.9 Å². The van der Waals surface area contributed by atoms with Crippen molar-refractivity contribution in [2.75, 3.05) is 24.6 Å². The summed E-state index contributed by atoms with van der Waals surface area (Å²) in [5.41, 5.74) is 2.04. The summed E-state index contributed by atoms with van der Waals surface area (Å²) in [6.07, 6.45) is 1.71. The minimum absolute atomic E-state index is 0.247. The summed E-state index contributed by atoms with van der Waals surface area (Å²) in [5, 5.41) is 19.2. The van der Waals surface area contributed by atoms with Crippen LogP contribution in [0.25, 0.3) is 0 Å². The average Bonchev–Trinajstić information content (AvgIpc) is 2.38. The Morgan fingerprint density at radius 2 is 2.28 bits per heavy atom. The van der Waals surface area contributed by atoms with E-state index in [4.69, 9.17) is 0 Å². The largest absolute Gasteiger partial charge is 0.396 e. The van der Waals surface area contributed by atoms with E-state index in [1.807, 2.05) is 18.2 Å². The van der Waals surface area contributed by atoms with Gasteiger partial charge in [-0.3, -0.25) is 0 Å². The van der Waals surface area contributed by atoms with Gasteiger partial charge >= 0.3 is 0 Å². The van der Waals surface area contributed by atoms with Gasteiger partial charge in [-0.1, -0.05) is 15.9 Å². The summed E-state index contributed by atoms with van der Waals surface area (Å²) in [6.45, 7) is 3.91. The molecule has 0 radical (unpaired) electrons. The van der Waals surface area contributed by atoms with Gasteiger partial charge in [-0.15, -0.1) is 0 Å². The Balaban J connectivity index is 2.26. The molecule has 1 aromatic carbocycles. The molecule has 0 bridgehead atoms. The number of hydrogen-bond acceptors (Lipinski definition) is 3. The molecule has 2 atom stereocenters. The fourth-order valence-corrected chi connectivity index (χ4v) is 2.96. The van der Waals surface area contributed by atoms with Gasteiger partial charge in [0.25, 0.3) is 0 Å². The smallest absolute Gasteiger partial charge is 0.0782 e. The van der Waals surface area contributed by atoms with Gasteiger partial charge in [0.2, 0.25) is 0 Å². The molecule has 100 valence electrons. The lowest BCUT2D eigenvalue weighted by atomic mass is 9.97. The molecule has 0 spiro atoms. The van der Waals surface area contributed by atoms with Crippen molar-refractivity contribution in [3.63, 3.8) is 0 Å². The van der Waals surface area contributed by atoms with Crippen molar-refractivity contribution in [1.82, 2.24) is 0 Å². The monoisotopic (exact) mass is 313 g/mol. The van der Waals surface area contributed by atoms with E-state index in [2.05, 4.69) is 20.8 Å². The van der Waals surface area contributed by atoms with Crippen LogP contribution in [0.2, 0.25) is 0 Å². The first-order valence-electron chi connectivity index (χ1n) is 6.45. The van der Waals surface area contributed by atoms with Crippen LogP contribution in [0.15, 0.2) is 22.7 Å². The van der Waals surface area contributed by atoms with Crippen molar-refractivity contribution in [1.29, 1.82) is 0 Å². The minimum Gasteiger partial charge on any atom is -0.396 e. The van der Waals surface area contributed by atoms with E-state index >= 15 is 0 Å². The van der Waals surface area contributed by atoms with E-state index in [1.54, 1.807) is 6.92 Å². The Labute approximate surface area is 117 Å². The number of hydrogen-bond donors (Lipinski definition) is 2. The second-order valence-electron chi connectivity index (χ2n) is 5.02. The second kappa shape index (κ2) is 6.04. The molecule has 2 unspecified atom stereocenters. The molecule has 2 rings (SSSR count). The molecule has 0 amide bonds. The summed E-state index contributed by atoms with van der Waals surface area (Å²) in [6, 6.07) is 6.03. The number of piperidine rings is 1. The van der Waals surface area contributed by atoms with Crippen molar-refractivity contribution < 1.29 is 10.2 Å². The highest BCUT2D eigenvalue weighted by molar-refractivity contribution is 9.10. The van der Waals surface area contributed by atoms with Gasteiger partial charge in [0.1, 0.15) is 0 Å². The van der Waals surface area contributed by atoms with E-state index in [0.717, 1.165) is 41.7 Å². The molecule has 0 aliphatic carbocycles. The van der Waals surface area contributed by atoms with Crippen LogP contribution in [0.4, 0.5) is 5.69 Å². The highest BCUT2D eigenvalue weighted by Crippen LogP contribution is 2.32. The van der Waals surface area contributed by atoms with Crippen molar-refractivity contribution >= 4 is 21.6 Å². The van der Waals surface area contributed by atoms with Crippen molar-refractivity contribution in [3.05, 3.63) is 28.2 Å². The third-order valence-electron chi connectivity index (χ3n) is 3.56. The van der Waals surface area contributed by atoms with Gasteiger partial charge in [0.15, 0.2) is 0 Å². The highest BCUT2D eigenvalue weighted by atomic mass is 79.9. The molecule has 1 fully saturated rings. The molecule has 1 aliphatic rings. The van der Waals surface area contributed by atoms with Gasteiger partial charge in [-0.05, 0) is 43.9 Å². The summed E-state index contributed by atoms with van der Waals surface area (Å²) in [7, 11) is 0. The van der Waals surface area contributed by atoms with Gasteiger partial charge in [-0.25, -0.2) is 0 Å². The van der Waals surface area contributed by atoms with Gasteiger partial charge < -0.3 is 15.1 Å². The molecular weight excluding hydrogens is 294 g/mol. The Bertz CT molecular complexity index is 409. The Morgan fingerprint density at radius 1 is 1.50 bits per heavy atom. The molecule has 1 heterocycles. The summed E-state index contributed by atoms with van der Waals surface area (Å²) in [4.78, 5) is 2.28. The second-order valence-corrected chi connectivity index (χ2v) is 5.93. The fraction of sp³-hybridized carbons (Fsp3) is 0.571. The number of aliphatic hydroxyl groups is 2. The van der Waals surface area contributed by atoms with E-state index in [1.165, 1.54) is 0 Å². The summed E-state index contributed by atoms with van der Waals surface area (Å²) in [5.74, 6) is 0.351.